The number of aromatic nitrogens is 3. The van der Waals surface area contributed by atoms with Crippen molar-refractivity contribution in [3.8, 4) is 5.69 Å². The van der Waals surface area contributed by atoms with Crippen LogP contribution in [0.25, 0.3) is 5.69 Å². The molecule has 0 amide bonds. The molecule has 0 saturated carbocycles. The Bertz CT molecular complexity index is 605. The lowest BCUT2D eigenvalue weighted by Gasteiger charge is -2.06. The molecule has 1 aromatic heterocycles. The van der Waals surface area contributed by atoms with Gasteiger partial charge in [-0.15, -0.1) is 0 Å². The molecule has 0 bridgehead atoms. The quantitative estimate of drug-likeness (QED) is 0.782. The lowest BCUT2D eigenvalue weighted by Crippen LogP contribution is -2.24. The van der Waals surface area contributed by atoms with Crippen LogP contribution in [0.1, 0.15) is 5.56 Å². The molecule has 1 heterocycles. The highest BCUT2D eigenvalue weighted by Crippen LogP contribution is 2.29. The van der Waals surface area contributed by atoms with Crippen molar-refractivity contribution >= 4 is 0 Å². The number of nitrogens with zero attached hydrogens (tertiary/aromatic N) is 1. The molecule has 2 N–H and O–H groups in total. The number of aromatic amines is 2. The van der Waals surface area contributed by atoms with Crippen molar-refractivity contribution in [3.63, 3.8) is 0 Å². The summed E-state index contributed by atoms with van der Waals surface area (Å²) in [5.41, 5.74) is -2.27. The number of H-pyrrole nitrogens is 2. The fraction of sp³-hybridized carbons (Fsp3) is 0.111. The summed E-state index contributed by atoms with van der Waals surface area (Å²) in [6.45, 7) is 0. The second-order valence-corrected chi connectivity index (χ2v) is 3.24. The van der Waals surface area contributed by atoms with E-state index in [1.54, 1.807) is 0 Å². The molecule has 0 radical (unpaired) electrons. The first-order chi connectivity index (χ1) is 7.89. The van der Waals surface area contributed by atoms with Crippen LogP contribution in [0.3, 0.4) is 0 Å². The first kappa shape index (κ1) is 11.2. The van der Waals surface area contributed by atoms with Crippen molar-refractivity contribution in [2.75, 3.05) is 0 Å². The van der Waals surface area contributed by atoms with E-state index in [1.165, 1.54) is 0 Å². The molecule has 0 atom stereocenters. The van der Waals surface area contributed by atoms with Crippen LogP contribution in [-0.2, 0) is 6.18 Å². The second kappa shape index (κ2) is 3.65. The van der Waals surface area contributed by atoms with Gasteiger partial charge >= 0.3 is 17.6 Å². The molecule has 0 saturated heterocycles. The molecule has 1 aromatic carbocycles. The molecule has 0 aliphatic rings. The lowest BCUT2D eigenvalue weighted by molar-refractivity contribution is -0.137. The Morgan fingerprint density at radius 3 is 1.82 bits per heavy atom. The topological polar surface area (TPSA) is 70.7 Å². The molecular weight excluding hydrogens is 239 g/mol. The average molecular weight is 245 g/mol. The molecule has 0 unspecified atom stereocenters. The number of alkyl halides is 3. The van der Waals surface area contributed by atoms with E-state index in [0.717, 1.165) is 24.3 Å². The summed E-state index contributed by atoms with van der Waals surface area (Å²) in [6.07, 6.45) is -4.45. The zero-order chi connectivity index (χ0) is 12.6. The van der Waals surface area contributed by atoms with Crippen LogP contribution in [0.15, 0.2) is 33.9 Å². The van der Waals surface area contributed by atoms with Crippen molar-refractivity contribution in [2.45, 2.75) is 6.18 Å². The molecule has 0 aliphatic carbocycles. The van der Waals surface area contributed by atoms with E-state index in [0.29, 0.717) is 4.57 Å². The summed E-state index contributed by atoms with van der Waals surface area (Å²) in [5.74, 6) is 0. The fourth-order valence-electron chi connectivity index (χ4n) is 1.34. The van der Waals surface area contributed by atoms with E-state index in [9.17, 15) is 22.8 Å². The molecule has 0 spiro atoms. The van der Waals surface area contributed by atoms with Crippen LogP contribution in [0.2, 0.25) is 0 Å². The van der Waals surface area contributed by atoms with E-state index in [4.69, 9.17) is 0 Å². The number of benzene rings is 1. The molecule has 90 valence electrons. The molecule has 8 heteroatoms. The highest BCUT2D eigenvalue weighted by Gasteiger charge is 2.30. The van der Waals surface area contributed by atoms with Gasteiger partial charge in [0.1, 0.15) is 0 Å². The Balaban J connectivity index is 2.51. The predicted molar refractivity (Wildman–Crippen MR) is 52.0 cm³/mol. The van der Waals surface area contributed by atoms with Gasteiger partial charge < -0.3 is 0 Å². The summed E-state index contributed by atoms with van der Waals surface area (Å²) in [5, 5.41) is 4.06. The Morgan fingerprint density at radius 2 is 1.41 bits per heavy atom. The standard InChI is InChI=1S/C9H6F3N3O2/c10-9(11,12)5-1-3-6(4-2-5)15-7(16)13-14-8(15)17/h1-4H,(H,13,16)(H,14,17). The van der Waals surface area contributed by atoms with Gasteiger partial charge in [-0.25, -0.2) is 24.4 Å². The predicted octanol–water partition coefficient (Wildman–Crippen LogP) is 0.873. The minimum Gasteiger partial charge on any atom is -0.247 e. The van der Waals surface area contributed by atoms with E-state index in [1.807, 2.05) is 10.2 Å². The summed E-state index contributed by atoms with van der Waals surface area (Å²) < 4.78 is 37.5. The number of nitrogens with one attached hydrogen (secondary N) is 2. The third kappa shape index (κ3) is 2.01. The van der Waals surface area contributed by atoms with Gasteiger partial charge in [0.2, 0.25) is 0 Å². The maximum atomic E-state index is 12.3. The summed E-state index contributed by atoms with van der Waals surface area (Å²) in [7, 11) is 0. The fourth-order valence-corrected chi connectivity index (χ4v) is 1.34. The van der Waals surface area contributed by atoms with Crippen LogP contribution in [0.5, 0.6) is 0 Å². The largest absolute Gasteiger partial charge is 0.416 e. The van der Waals surface area contributed by atoms with Crippen LogP contribution >= 0.6 is 0 Å². The van der Waals surface area contributed by atoms with Crippen molar-refractivity contribution in [2.24, 2.45) is 0 Å². The van der Waals surface area contributed by atoms with E-state index in [-0.39, 0.29) is 5.69 Å². The molecule has 17 heavy (non-hydrogen) atoms. The Hall–Kier alpha value is -2.25. The molecule has 2 rings (SSSR count). The zero-order valence-corrected chi connectivity index (χ0v) is 8.21. The van der Waals surface area contributed by atoms with E-state index >= 15 is 0 Å². The normalized spacial score (nSPS) is 11.7. The minimum atomic E-state index is -4.45. The van der Waals surface area contributed by atoms with Gasteiger partial charge in [0, 0.05) is 0 Å². The number of hydrogen-bond acceptors (Lipinski definition) is 2. The maximum absolute atomic E-state index is 12.3. The Morgan fingerprint density at radius 1 is 0.941 bits per heavy atom. The third-order valence-electron chi connectivity index (χ3n) is 2.14. The minimum absolute atomic E-state index is 0.0606. The lowest BCUT2D eigenvalue weighted by atomic mass is 10.2. The second-order valence-electron chi connectivity index (χ2n) is 3.24. The average Bonchev–Trinajstić information content (AvgIpc) is 2.58. The van der Waals surface area contributed by atoms with Gasteiger partial charge in [0.25, 0.3) is 0 Å². The van der Waals surface area contributed by atoms with E-state index in [2.05, 4.69) is 0 Å². The van der Waals surface area contributed by atoms with Gasteiger partial charge in [-0.1, -0.05) is 0 Å². The van der Waals surface area contributed by atoms with Crippen molar-refractivity contribution in [1.29, 1.82) is 0 Å². The monoisotopic (exact) mass is 245 g/mol. The van der Waals surface area contributed by atoms with Crippen molar-refractivity contribution in [1.82, 2.24) is 14.8 Å². The Labute approximate surface area is 91.5 Å². The number of rotatable bonds is 1. The number of hydrogen-bond donors (Lipinski definition) is 2. The van der Waals surface area contributed by atoms with Gasteiger partial charge in [0.15, 0.2) is 0 Å². The van der Waals surface area contributed by atoms with Crippen molar-refractivity contribution in [3.05, 3.63) is 50.8 Å². The maximum Gasteiger partial charge on any atom is 0.416 e. The number of halogens is 3. The highest BCUT2D eigenvalue weighted by atomic mass is 19.4. The summed E-state index contributed by atoms with van der Waals surface area (Å²) >= 11 is 0. The molecule has 2 aromatic rings. The Kier molecular flexibility index (Phi) is 2.41. The molecule has 0 aliphatic heterocycles. The molecular formula is C9H6F3N3O2. The smallest absolute Gasteiger partial charge is 0.247 e. The van der Waals surface area contributed by atoms with Crippen molar-refractivity contribution < 1.29 is 13.2 Å². The third-order valence-corrected chi connectivity index (χ3v) is 2.14. The summed E-state index contributed by atoms with van der Waals surface area (Å²) in [4.78, 5) is 22.4. The first-order valence-electron chi connectivity index (χ1n) is 4.47. The van der Waals surface area contributed by atoms with Crippen LogP contribution < -0.4 is 11.4 Å². The van der Waals surface area contributed by atoms with Gasteiger partial charge in [-0.05, 0) is 24.3 Å². The molecule has 5 nitrogen and oxygen atoms in total. The molecule has 0 fully saturated rings. The zero-order valence-electron chi connectivity index (χ0n) is 8.21. The van der Waals surface area contributed by atoms with Gasteiger partial charge in [-0.3, -0.25) is 0 Å². The van der Waals surface area contributed by atoms with E-state index < -0.39 is 23.1 Å². The van der Waals surface area contributed by atoms with Gasteiger partial charge in [0.05, 0.1) is 11.3 Å². The first-order valence-corrected chi connectivity index (χ1v) is 4.47. The van der Waals surface area contributed by atoms with Crippen LogP contribution in [0, 0.1) is 0 Å². The van der Waals surface area contributed by atoms with Crippen LogP contribution in [-0.4, -0.2) is 14.8 Å². The van der Waals surface area contributed by atoms with Crippen LogP contribution in [0.4, 0.5) is 13.2 Å². The van der Waals surface area contributed by atoms with Gasteiger partial charge in [-0.2, -0.15) is 13.2 Å². The highest BCUT2D eigenvalue weighted by molar-refractivity contribution is 5.35. The summed E-state index contributed by atoms with van der Waals surface area (Å²) in [6, 6.07) is 3.70. The SMILES string of the molecule is O=c1[nH][nH]c(=O)n1-c1ccc(C(F)(F)F)cc1.